The number of carbonyl (C=O) groups excluding carboxylic acids is 1. The Bertz CT molecular complexity index is 633. The number of aliphatic hydroxyl groups excluding tert-OH is 1. The van der Waals surface area contributed by atoms with Gasteiger partial charge < -0.3 is 14.7 Å². The summed E-state index contributed by atoms with van der Waals surface area (Å²) < 4.78 is 4.60. The van der Waals surface area contributed by atoms with Gasteiger partial charge in [0.05, 0.1) is 12.8 Å². The van der Waals surface area contributed by atoms with Gasteiger partial charge in [0.1, 0.15) is 11.6 Å². The average molecular weight is 332 g/mol. The van der Waals surface area contributed by atoms with Crippen LogP contribution >= 0.6 is 0 Å². The summed E-state index contributed by atoms with van der Waals surface area (Å²) in [4.78, 5) is 13.5. The van der Waals surface area contributed by atoms with Crippen LogP contribution in [-0.4, -0.2) is 47.6 Å². The predicted molar refractivity (Wildman–Crippen MR) is 88.5 cm³/mol. The standard InChI is InChI=1S/C17H24N4O3/c1-4-12-13(10-18)16(20-19-14(12)5-2)21-8-6-11(7-9-21)15(22)17(23)24-3/h11,15,22H,4-9H2,1-3H3. The molecule has 0 aromatic carbocycles. The fourth-order valence-corrected chi connectivity index (χ4v) is 3.24. The van der Waals surface area contributed by atoms with E-state index in [1.165, 1.54) is 7.11 Å². The SMILES string of the molecule is CCc1nnc(N2CCC(C(O)C(=O)OC)CC2)c(C#N)c1CC. The van der Waals surface area contributed by atoms with Crippen molar-refractivity contribution in [3.8, 4) is 6.07 Å². The number of ether oxygens (including phenoxy) is 1. The lowest BCUT2D eigenvalue weighted by Crippen LogP contribution is -2.41. The summed E-state index contributed by atoms with van der Waals surface area (Å²) in [7, 11) is 1.27. The molecule has 0 spiro atoms. The summed E-state index contributed by atoms with van der Waals surface area (Å²) in [5.74, 6) is -0.114. The summed E-state index contributed by atoms with van der Waals surface area (Å²) in [6.07, 6.45) is 1.68. The Morgan fingerprint density at radius 1 is 1.38 bits per heavy atom. The van der Waals surface area contributed by atoms with Crippen molar-refractivity contribution in [2.75, 3.05) is 25.1 Å². The molecular weight excluding hydrogens is 308 g/mol. The lowest BCUT2D eigenvalue weighted by molar-refractivity contribution is -0.153. The maximum absolute atomic E-state index is 11.5. The number of aromatic nitrogens is 2. The number of carbonyl (C=O) groups is 1. The third-order valence-corrected chi connectivity index (χ3v) is 4.67. The van der Waals surface area contributed by atoms with Gasteiger partial charge in [-0.25, -0.2) is 4.79 Å². The van der Waals surface area contributed by atoms with Gasteiger partial charge in [0.15, 0.2) is 11.9 Å². The first-order valence-electron chi connectivity index (χ1n) is 8.36. The van der Waals surface area contributed by atoms with E-state index in [4.69, 9.17) is 0 Å². The lowest BCUT2D eigenvalue weighted by atomic mass is 9.91. The maximum atomic E-state index is 11.5. The van der Waals surface area contributed by atoms with Crippen LogP contribution in [0.3, 0.4) is 0 Å². The van der Waals surface area contributed by atoms with Crippen molar-refractivity contribution in [3.05, 3.63) is 16.8 Å². The second-order valence-corrected chi connectivity index (χ2v) is 5.94. The number of aryl methyl sites for hydroxylation is 1. The van der Waals surface area contributed by atoms with Crippen molar-refractivity contribution in [3.63, 3.8) is 0 Å². The molecule has 2 heterocycles. The van der Waals surface area contributed by atoms with Gasteiger partial charge >= 0.3 is 5.97 Å². The van der Waals surface area contributed by atoms with E-state index in [9.17, 15) is 15.2 Å². The minimum atomic E-state index is -1.09. The Kier molecular flexibility index (Phi) is 6.10. The Hall–Kier alpha value is -2.20. The zero-order valence-electron chi connectivity index (χ0n) is 14.4. The van der Waals surface area contributed by atoms with E-state index in [1.54, 1.807) is 0 Å². The first-order valence-corrected chi connectivity index (χ1v) is 8.36. The summed E-state index contributed by atoms with van der Waals surface area (Å²) in [5.41, 5.74) is 2.42. The number of hydrogen-bond donors (Lipinski definition) is 1. The molecule has 7 heteroatoms. The number of rotatable bonds is 5. The zero-order valence-corrected chi connectivity index (χ0v) is 14.4. The molecule has 0 aliphatic carbocycles. The molecule has 1 fully saturated rings. The molecule has 130 valence electrons. The number of nitrogens with zero attached hydrogens (tertiary/aromatic N) is 4. The molecule has 1 unspecified atom stereocenters. The highest BCUT2D eigenvalue weighted by atomic mass is 16.5. The lowest BCUT2D eigenvalue weighted by Gasteiger charge is -2.34. The molecule has 0 bridgehead atoms. The minimum Gasteiger partial charge on any atom is -0.467 e. The van der Waals surface area contributed by atoms with Crippen LogP contribution in [0, 0.1) is 17.2 Å². The summed E-state index contributed by atoms with van der Waals surface area (Å²) in [6.45, 7) is 5.26. The number of anilines is 1. The van der Waals surface area contributed by atoms with Gasteiger partial charge in [0.25, 0.3) is 0 Å². The Balaban J connectivity index is 2.18. The zero-order chi connectivity index (χ0) is 17.7. The highest BCUT2D eigenvalue weighted by Gasteiger charge is 2.32. The van der Waals surface area contributed by atoms with Gasteiger partial charge in [-0.3, -0.25) is 0 Å². The van der Waals surface area contributed by atoms with Gasteiger partial charge in [-0.2, -0.15) is 10.4 Å². The van der Waals surface area contributed by atoms with Crippen LogP contribution in [0.2, 0.25) is 0 Å². The molecule has 0 saturated carbocycles. The fraction of sp³-hybridized carbons (Fsp3) is 0.647. The smallest absolute Gasteiger partial charge is 0.334 e. The van der Waals surface area contributed by atoms with Gasteiger partial charge in [0.2, 0.25) is 0 Å². The van der Waals surface area contributed by atoms with Crippen molar-refractivity contribution in [2.45, 2.75) is 45.6 Å². The Morgan fingerprint density at radius 2 is 2.04 bits per heavy atom. The van der Waals surface area contributed by atoms with E-state index in [-0.39, 0.29) is 5.92 Å². The van der Waals surface area contributed by atoms with Gasteiger partial charge in [-0.1, -0.05) is 13.8 Å². The van der Waals surface area contributed by atoms with E-state index < -0.39 is 12.1 Å². The van der Waals surface area contributed by atoms with Crippen LogP contribution in [0.15, 0.2) is 0 Å². The molecule has 1 aromatic rings. The molecule has 1 aliphatic rings. The number of methoxy groups -OCH3 is 1. The number of hydrogen-bond acceptors (Lipinski definition) is 7. The van der Waals surface area contributed by atoms with Crippen LogP contribution in [0.4, 0.5) is 5.82 Å². The molecule has 0 amide bonds. The second-order valence-electron chi connectivity index (χ2n) is 5.94. The highest BCUT2D eigenvalue weighted by molar-refractivity contribution is 5.74. The molecule has 1 atom stereocenters. The largest absolute Gasteiger partial charge is 0.467 e. The van der Waals surface area contributed by atoms with Gasteiger partial charge in [-0.15, -0.1) is 5.10 Å². The molecule has 1 aromatic heterocycles. The Morgan fingerprint density at radius 3 is 2.54 bits per heavy atom. The number of esters is 1. The van der Waals surface area contributed by atoms with Crippen molar-refractivity contribution >= 4 is 11.8 Å². The molecule has 24 heavy (non-hydrogen) atoms. The third-order valence-electron chi connectivity index (χ3n) is 4.67. The highest BCUT2D eigenvalue weighted by Crippen LogP contribution is 2.28. The molecule has 1 aliphatic heterocycles. The molecule has 1 saturated heterocycles. The first-order chi connectivity index (χ1) is 11.6. The number of nitriles is 1. The van der Waals surface area contributed by atoms with Gasteiger partial charge in [-0.05, 0) is 37.2 Å². The van der Waals surface area contributed by atoms with E-state index >= 15 is 0 Å². The topological polar surface area (TPSA) is 99.3 Å². The predicted octanol–water partition coefficient (Wildman–Crippen LogP) is 1.22. The molecule has 1 N–H and O–H groups in total. The molecule has 0 radical (unpaired) electrons. The van der Waals surface area contributed by atoms with Crippen LogP contribution in [0.1, 0.15) is 43.5 Å². The van der Waals surface area contributed by atoms with Crippen molar-refractivity contribution < 1.29 is 14.6 Å². The summed E-state index contributed by atoms with van der Waals surface area (Å²) in [5, 5.41) is 28.1. The van der Waals surface area contributed by atoms with Crippen molar-refractivity contribution in [1.82, 2.24) is 10.2 Å². The minimum absolute atomic E-state index is 0.132. The van der Waals surface area contributed by atoms with Crippen LogP contribution in [-0.2, 0) is 22.4 Å². The third kappa shape index (κ3) is 3.49. The van der Waals surface area contributed by atoms with Crippen LogP contribution in [0.5, 0.6) is 0 Å². The average Bonchev–Trinajstić information content (AvgIpc) is 2.65. The molecule has 2 rings (SSSR count). The number of piperidine rings is 1. The fourth-order valence-electron chi connectivity index (χ4n) is 3.24. The van der Waals surface area contributed by atoms with Crippen LogP contribution < -0.4 is 4.90 Å². The van der Waals surface area contributed by atoms with Gasteiger partial charge in [0, 0.05) is 13.1 Å². The van der Waals surface area contributed by atoms with Crippen molar-refractivity contribution in [2.24, 2.45) is 5.92 Å². The van der Waals surface area contributed by atoms with Crippen molar-refractivity contribution in [1.29, 1.82) is 5.26 Å². The molecular formula is C17H24N4O3. The summed E-state index contributed by atoms with van der Waals surface area (Å²) >= 11 is 0. The molecule has 7 nitrogen and oxygen atoms in total. The summed E-state index contributed by atoms with van der Waals surface area (Å²) in [6, 6.07) is 2.28. The van der Waals surface area contributed by atoms with Crippen LogP contribution in [0.25, 0.3) is 0 Å². The number of aliphatic hydroxyl groups is 1. The maximum Gasteiger partial charge on any atom is 0.334 e. The monoisotopic (exact) mass is 332 g/mol. The normalized spacial score (nSPS) is 16.5. The van der Waals surface area contributed by atoms with E-state index in [2.05, 4.69) is 21.0 Å². The Labute approximate surface area is 142 Å². The van der Waals surface area contributed by atoms with E-state index in [0.29, 0.717) is 37.3 Å². The quantitative estimate of drug-likeness (QED) is 0.809. The second kappa shape index (κ2) is 8.06. The first kappa shape index (κ1) is 18.1. The van der Waals surface area contributed by atoms with E-state index in [0.717, 1.165) is 24.1 Å². The van der Waals surface area contributed by atoms with E-state index in [1.807, 2.05) is 18.7 Å².